The third-order valence-electron chi connectivity index (χ3n) is 4.93. The number of ether oxygens (including phenoxy) is 2. The van der Waals surface area contributed by atoms with Crippen molar-refractivity contribution in [3.63, 3.8) is 0 Å². The minimum atomic E-state index is -3.73. The maximum atomic E-state index is 12.7. The van der Waals surface area contributed by atoms with Gasteiger partial charge in [-0.3, -0.25) is 10.1 Å². The fourth-order valence-corrected chi connectivity index (χ4v) is 4.46. The molecule has 0 saturated carbocycles. The molecule has 0 unspecified atom stereocenters. The van der Waals surface area contributed by atoms with Crippen LogP contribution in [0.2, 0.25) is 0 Å². The van der Waals surface area contributed by atoms with E-state index in [-0.39, 0.29) is 23.2 Å². The average molecular weight is 495 g/mol. The van der Waals surface area contributed by atoms with E-state index in [0.717, 1.165) is 0 Å². The molecule has 35 heavy (non-hydrogen) atoms. The smallest absolute Gasteiger partial charge is 0.411 e. The summed E-state index contributed by atoms with van der Waals surface area (Å²) in [5.74, 6) is -0.134. The molecule has 3 aromatic rings. The summed E-state index contributed by atoms with van der Waals surface area (Å²) in [6.45, 7) is 0.414. The van der Waals surface area contributed by atoms with Crippen molar-refractivity contribution in [2.75, 3.05) is 36.3 Å². The van der Waals surface area contributed by atoms with Gasteiger partial charge in [0.05, 0.1) is 6.61 Å². The normalized spacial score (nSPS) is 13.3. The van der Waals surface area contributed by atoms with Gasteiger partial charge in [-0.05, 0) is 54.6 Å². The van der Waals surface area contributed by atoms with Gasteiger partial charge in [-0.15, -0.1) is 4.40 Å². The molecular formula is C24H22N4O6S. The van der Waals surface area contributed by atoms with Gasteiger partial charge >= 0.3 is 6.09 Å². The molecule has 2 amide bonds. The van der Waals surface area contributed by atoms with Crippen molar-refractivity contribution in [3.05, 3.63) is 83.9 Å². The predicted octanol–water partition coefficient (Wildman–Crippen LogP) is 3.69. The number of carbonyl (C=O) groups is 2. The van der Waals surface area contributed by atoms with Crippen LogP contribution in [-0.4, -0.2) is 46.6 Å². The highest BCUT2D eigenvalue weighted by atomic mass is 32.2. The molecule has 3 N–H and O–H groups in total. The number of hydrogen-bond acceptors (Lipinski definition) is 7. The molecular weight excluding hydrogens is 472 g/mol. The minimum absolute atomic E-state index is 0.124. The van der Waals surface area contributed by atoms with E-state index in [1.54, 1.807) is 66.7 Å². The molecule has 0 spiro atoms. The van der Waals surface area contributed by atoms with Crippen LogP contribution in [0.25, 0.3) is 0 Å². The maximum Gasteiger partial charge on any atom is 0.411 e. The Morgan fingerprint density at radius 1 is 0.857 bits per heavy atom. The molecule has 0 radical (unpaired) electrons. The fraction of sp³-hybridized carbons (Fsp3) is 0.125. The van der Waals surface area contributed by atoms with E-state index in [4.69, 9.17) is 9.47 Å². The number of amidine groups is 1. The number of anilines is 3. The number of hydrogen-bond donors (Lipinski definition) is 3. The Labute approximate surface area is 202 Å². The zero-order chi connectivity index (χ0) is 24.8. The number of amides is 2. The summed E-state index contributed by atoms with van der Waals surface area (Å²) in [7, 11) is -2.22. The Morgan fingerprint density at radius 2 is 1.57 bits per heavy atom. The van der Waals surface area contributed by atoms with Crippen LogP contribution in [0.3, 0.4) is 0 Å². The summed E-state index contributed by atoms with van der Waals surface area (Å²) in [6, 6.07) is 19.7. The molecule has 1 heterocycles. The average Bonchev–Trinajstić information content (AvgIpc) is 3.10. The lowest BCUT2D eigenvalue weighted by atomic mass is 10.1. The van der Waals surface area contributed by atoms with Crippen LogP contribution in [-0.2, 0) is 19.5 Å². The van der Waals surface area contributed by atoms with Crippen molar-refractivity contribution in [2.45, 2.75) is 4.90 Å². The summed E-state index contributed by atoms with van der Waals surface area (Å²) in [6.07, 6.45) is -0.629. The van der Waals surface area contributed by atoms with Gasteiger partial charge in [0.2, 0.25) is 0 Å². The van der Waals surface area contributed by atoms with Crippen LogP contribution in [0.1, 0.15) is 15.9 Å². The lowest BCUT2D eigenvalue weighted by Gasteiger charge is -2.10. The van der Waals surface area contributed by atoms with E-state index in [2.05, 4.69) is 20.3 Å². The highest BCUT2D eigenvalue weighted by Crippen LogP contribution is 2.27. The van der Waals surface area contributed by atoms with Gasteiger partial charge in [-0.1, -0.05) is 18.2 Å². The molecule has 1 aliphatic rings. The quantitative estimate of drug-likeness (QED) is 0.426. The predicted molar refractivity (Wildman–Crippen MR) is 131 cm³/mol. The first-order chi connectivity index (χ1) is 16.9. The molecule has 4 rings (SSSR count). The minimum Gasteiger partial charge on any atom is -0.447 e. The number of nitrogens with zero attached hydrogens (tertiary/aromatic N) is 1. The third kappa shape index (κ3) is 5.83. The van der Waals surface area contributed by atoms with Crippen molar-refractivity contribution in [1.82, 2.24) is 0 Å². The number of carbonyl (C=O) groups excluding carboxylic acids is 2. The van der Waals surface area contributed by atoms with E-state index < -0.39 is 16.1 Å². The molecule has 1 aliphatic heterocycles. The lowest BCUT2D eigenvalue weighted by Crippen LogP contribution is -2.17. The zero-order valence-corrected chi connectivity index (χ0v) is 19.5. The van der Waals surface area contributed by atoms with E-state index in [9.17, 15) is 18.0 Å². The molecule has 0 aliphatic carbocycles. The van der Waals surface area contributed by atoms with Crippen molar-refractivity contribution < 1.29 is 27.5 Å². The van der Waals surface area contributed by atoms with Crippen LogP contribution < -0.4 is 16.0 Å². The largest absolute Gasteiger partial charge is 0.447 e. The SMILES string of the molecule is COCCOC(=O)Nc1cccc(NC(=O)c2ccc(NC3=NS(=O)(=O)c4ccccc43)cc2)c1. The Balaban J connectivity index is 1.38. The van der Waals surface area contributed by atoms with Crippen LogP contribution in [0, 0.1) is 0 Å². The molecule has 0 atom stereocenters. The second-order valence-electron chi connectivity index (χ2n) is 7.40. The molecule has 0 bridgehead atoms. The Bertz CT molecular complexity index is 1390. The van der Waals surface area contributed by atoms with Gasteiger partial charge in [0.15, 0.2) is 5.84 Å². The summed E-state index contributed by atoms with van der Waals surface area (Å²) >= 11 is 0. The first-order valence-electron chi connectivity index (χ1n) is 10.5. The monoisotopic (exact) mass is 494 g/mol. The fourth-order valence-electron chi connectivity index (χ4n) is 3.29. The summed E-state index contributed by atoms with van der Waals surface area (Å²) < 4.78 is 38.0. The van der Waals surface area contributed by atoms with E-state index in [0.29, 0.717) is 34.8 Å². The number of rotatable bonds is 7. The number of fused-ring (bicyclic) bond motifs is 1. The first-order valence-corrected chi connectivity index (χ1v) is 12.0. The second-order valence-corrected chi connectivity index (χ2v) is 8.97. The highest BCUT2D eigenvalue weighted by molar-refractivity contribution is 7.90. The third-order valence-corrected chi connectivity index (χ3v) is 6.26. The second kappa shape index (κ2) is 10.4. The van der Waals surface area contributed by atoms with Gasteiger partial charge in [-0.2, -0.15) is 8.42 Å². The molecule has 10 nitrogen and oxygen atoms in total. The van der Waals surface area contributed by atoms with Gasteiger partial charge in [0.1, 0.15) is 11.5 Å². The summed E-state index contributed by atoms with van der Waals surface area (Å²) in [5.41, 5.74) is 2.39. The number of sulfonamides is 1. The zero-order valence-electron chi connectivity index (χ0n) is 18.6. The topological polar surface area (TPSA) is 135 Å². The summed E-state index contributed by atoms with van der Waals surface area (Å²) in [5, 5.41) is 8.34. The van der Waals surface area contributed by atoms with E-state index >= 15 is 0 Å². The van der Waals surface area contributed by atoms with Gasteiger partial charge < -0.3 is 20.1 Å². The van der Waals surface area contributed by atoms with Crippen LogP contribution in [0.5, 0.6) is 0 Å². The van der Waals surface area contributed by atoms with Crippen LogP contribution in [0.15, 0.2) is 82.1 Å². The van der Waals surface area contributed by atoms with Crippen molar-refractivity contribution in [2.24, 2.45) is 4.40 Å². The molecule has 11 heteroatoms. The van der Waals surface area contributed by atoms with Gasteiger partial charge in [-0.25, -0.2) is 4.79 Å². The molecule has 0 saturated heterocycles. The van der Waals surface area contributed by atoms with E-state index in [1.165, 1.54) is 13.2 Å². The van der Waals surface area contributed by atoms with Crippen LogP contribution >= 0.6 is 0 Å². The Kier molecular flexibility index (Phi) is 7.09. The molecule has 0 aromatic heterocycles. The Hall–Kier alpha value is -4.22. The first kappa shape index (κ1) is 23.9. The standard InChI is InChI=1S/C24H22N4O6S/c1-33-13-14-34-24(30)27-19-6-4-5-18(15-19)26-23(29)16-9-11-17(12-10-16)25-22-20-7-2-3-8-21(20)35(31,32)28-22/h2-12,15H,13-14H2,1H3,(H,25,28)(H,26,29)(H,27,30). The Morgan fingerprint density at radius 3 is 2.31 bits per heavy atom. The van der Waals surface area contributed by atoms with Gasteiger partial charge in [0.25, 0.3) is 15.9 Å². The van der Waals surface area contributed by atoms with Crippen molar-refractivity contribution >= 4 is 44.9 Å². The van der Waals surface area contributed by atoms with Crippen LogP contribution in [0.4, 0.5) is 21.9 Å². The molecule has 180 valence electrons. The van der Waals surface area contributed by atoms with Crippen molar-refractivity contribution in [3.8, 4) is 0 Å². The lowest BCUT2D eigenvalue weighted by molar-refractivity contribution is 0.102. The summed E-state index contributed by atoms with van der Waals surface area (Å²) in [4.78, 5) is 24.6. The van der Waals surface area contributed by atoms with Gasteiger partial charge in [0, 0.05) is 35.3 Å². The number of methoxy groups -OCH3 is 1. The molecule has 0 fully saturated rings. The maximum absolute atomic E-state index is 12.7. The number of nitrogens with one attached hydrogen (secondary N) is 3. The number of benzene rings is 3. The molecule has 3 aromatic carbocycles. The van der Waals surface area contributed by atoms with E-state index in [1.807, 2.05) is 0 Å². The highest BCUT2D eigenvalue weighted by Gasteiger charge is 2.28. The van der Waals surface area contributed by atoms with Crippen molar-refractivity contribution in [1.29, 1.82) is 0 Å².